The van der Waals surface area contributed by atoms with E-state index in [1.807, 2.05) is 0 Å². The van der Waals surface area contributed by atoms with Gasteiger partial charge in [-0.15, -0.1) is 0 Å². The number of carbonyl (C=O) groups excluding carboxylic acids is 1. The van der Waals surface area contributed by atoms with Crippen molar-refractivity contribution in [2.24, 2.45) is 0 Å². The van der Waals surface area contributed by atoms with Crippen LogP contribution in [-0.4, -0.2) is 43.9 Å². The average molecular weight is 286 g/mol. The van der Waals surface area contributed by atoms with Crippen molar-refractivity contribution in [2.75, 3.05) is 7.05 Å². The number of amides is 1. The Hall–Kier alpha value is -2.96. The molecule has 108 valence electrons. The highest BCUT2D eigenvalue weighted by Gasteiger charge is 2.17. The van der Waals surface area contributed by atoms with E-state index in [1.165, 1.54) is 17.2 Å². The summed E-state index contributed by atoms with van der Waals surface area (Å²) in [5.41, 5.74) is 0.653. The van der Waals surface area contributed by atoms with Crippen molar-refractivity contribution in [1.82, 2.24) is 19.9 Å². The smallest absolute Gasteiger partial charge is 0.328 e. The molecule has 0 aliphatic rings. The van der Waals surface area contributed by atoms with Crippen LogP contribution < -0.4 is 0 Å². The largest absolute Gasteiger partial charge is 0.478 e. The number of rotatable bonds is 5. The number of hydrogen-bond donors (Lipinski definition) is 2. The molecule has 0 radical (unpaired) electrons. The summed E-state index contributed by atoms with van der Waals surface area (Å²) in [6, 6.07) is 3.28. The molecule has 2 aromatic heterocycles. The minimum absolute atomic E-state index is 0.198. The Morgan fingerprint density at radius 2 is 2.19 bits per heavy atom. The second-order valence-corrected chi connectivity index (χ2v) is 4.31. The zero-order valence-electron chi connectivity index (χ0n) is 11.4. The number of aromatic amines is 1. The molecule has 0 atom stereocenters. The van der Waals surface area contributed by atoms with Gasteiger partial charge in [-0.2, -0.15) is 0 Å². The lowest BCUT2D eigenvalue weighted by atomic mass is 10.1. The SMILES string of the molecule is CN(Cc1ncc[nH]1)C(=O)c1ncccc1/C=C/C(=O)O. The van der Waals surface area contributed by atoms with Crippen LogP contribution in [-0.2, 0) is 11.3 Å². The van der Waals surface area contributed by atoms with Gasteiger partial charge in [-0.25, -0.2) is 9.78 Å². The maximum Gasteiger partial charge on any atom is 0.328 e. The Labute approximate surface area is 121 Å². The lowest BCUT2D eigenvalue weighted by molar-refractivity contribution is -0.131. The minimum Gasteiger partial charge on any atom is -0.478 e. The highest BCUT2D eigenvalue weighted by atomic mass is 16.4. The monoisotopic (exact) mass is 286 g/mol. The van der Waals surface area contributed by atoms with Crippen LogP contribution in [0.1, 0.15) is 21.9 Å². The predicted molar refractivity (Wildman–Crippen MR) is 75.3 cm³/mol. The van der Waals surface area contributed by atoms with Crippen LogP contribution in [0.15, 0.2) is 36.8 Å². The number of nitrogens with zero attached hydrogens (tertiary/aromatic N) is 3. The van der Waals surface area contributed by atoms with Crippen LogP contribution in [0.3, 0.4) is 0 Å². The van der Waals surface area contributed by atoms with Gasteiger partial charge in [0.05, 0.1) is 6.54 Å². The third-order valence-corrected chi connectivity index (χ3v) is 2.74. The number of carboxylic acid groups (broad SMARTS) is 1. The third kappa shape index (κ3) is 3.75. The molecule has 2 rings (SSSR count). The number of carboxylic acids is 1. The average Bonchev–Trinajstić information content (AvgIpc) is 2.97. The first-order chi connectivity index (χ1) is 10.1. The van der Waals surface area contributed by atoms with Crippen LogP contribution in [0.5, 0.6) is 0 Å². The minimum atomic E-state index is -1.08. The van der Waals surface area contributed by atoms with E-state index in [1.54, 1.807) is 31.6 Å². The topological polar surface area (TPSA) is 99.2 Å². The molecule has 7 heteroatoms. The molecule has 0 aliphatic heterocycles. The predicted octanol–water partition coefficient (Wildman–Crippen LogP) is 1.17. The summed E-state index contributed by atoms with van der Waals surface area (Å²) in [7, 11) is 1.63. The summed E-state index contributed by atoms with van der Waals surface area (Å²) in [6.07, 6.45) is 7.10. The Bertz CT molecular complexity index is 665. The van der Waals surface area contributed by atoms with E-state index in [0.29, 0.717) is 17.9 Å². The quantitative estimate of drug-likeness (QED) is 0.804. The van der Waals surface area contributed by atoms with Crippen molar-refractivity contribution in [3.8, 4) is 0 Å². The maximum absolute atomic E-state index is 12.4. The van der Waals surface area contributed by atoms with E-state index in [2.05, 4.69) is 15.0 Å². The van der Waals surface area contributed by atoms with Crippen molar-refractivity contribution >= 4 is 18.0 Å². The fourth-order valence-electron chi connectivity index (χ4n) is 1.75. The molecule has 1 amide bonds. The lowest BCUT2D eigenvalue weighted by Gasteiger charge is -2.16. The molecule has 0 aliphatic carbocycles. The summed E-state index contributed by atoms with van der Waals surface area (Å²) >= 11 is 0. The number of hydrogen-bond acceptors (Lipinski definition) is 4. The number of aromatic nitrogens is 3. The van der Waals surface area contributed by atoms with E-state index < -0.39 is 5.97 Å². The van der Waals surface area contributed by atoms with Crippen molar-refractivity contribution in [3.05, 3.63) is 53.9 Å². The molecule has 0 aromatic carbocycles. The first-order valence-corrected chi connectivity index (χ1v) is 6.17. The molecule has 0 unspecified atom stereocenters. The Balaban J connectivity index is 2.20. The van der Waals surface area contributed by atoms with E-state index in [9.17, 15) is 9.59 Å². The second kappa shape index (κ2) is 6.47. The molecule has 21 heavy (non-hydrogen) atoms. The Morgan fingerprint density at radius 3 is 2.86 bits per heavy atom. The van der Waals surface area contributed by atoms with Gasteiger partial charge in [-0.3, -0.25) is 9.78 Å². The van der Waals surface area contributed by atoms with E-state index in [-0.39, 0.29) is 11.6 Å². The van der Waals surface area contributed by atoms with Gasteiger partial charge in [0.25, 0.3) is 5.91 Å². The van der Waals surface area contributed by atoms with E-state index >= 15 is 0 Å². The first kappa shape index (κ1) is 14.4. The van der Waals surface area contributed by atoms with Crippen LogP contribution >= 0.6 is 0 Å². The van der Waals surface area contributed by atoms with Crippen LogP contribution in [0.4, 0.5) is 0 Å². The van der Waals surface area contributed by atoms with Gasteiger partial charge in [0.2, 0.25) is 0 Å². The molecule has 0 saturated carbocycles. The molecule has 2 heterocycles. The summed E-state index contributed by atoms with van der Waals surface area (Å²) < 4.78 is 0. The molecule has 2 aromatic rings. The van der Waals surface area contributed by atoms with Crippen molar-refractivity contribution in [3.63, 3.8) is 0 Å². The number of aliphatic carboxylic acids is 1. The fourth-order valence-corrected chi connectivity index (χ4v) is 1.75. The Morgan fingerprint density at radius 1 is 1.38 bits per heavy atom. The van der Waals surface area contributed by atoms with Gasteiger partial charge < -0.3 is 15.0 Å². The number of H-pyrrole nitrogens is 1. The standard InChI is InChI=1S/C14H14N4O3/c1-18(9-11-15-7-8-16-11)14(21)13-10(3-2-6-17-13)4-5-12(19)20/h2-8H,9H2,1H3,(H,15,16)(H,19,20)/b5-4+. The van der Waals surface area contributed by atoms with Crippen LogP contribution in [0, 0.1) is 0 Å². The maximum atomic E-state index is 12.4. The normalized spacial score (nSPS) is 10.7. The highest BCUT2D eigenvalue weighted by molar-refractivity contribution is 5.97. The number of carbonyl (C=O) groups is 2. The zero-order valence-corrected chi connectivity index (χ0v) is 11.4. The van der Waals surface area contributed by atoms with Crippen molar-refractivity contribution in [1.29, 1.82) is 0 Å². The lowest BCUT2D eigenvalue weighted by Crippen LogP contribution is -2.28. The molecule has 0 saturated heterocycles. The number of pyridine rings is 1. The van der Waals surface area contributed by atoms with Gasteiger partial charge in [0, 0.05) is 37.3 Å². The first-order valence-electron chi connectivity index (χ1n) is 6.17. The molecule has 7 nitrogen and oxygen atoms in total. The van der Waals surface area contributed by atoms with Crippen LogP contribution in [0.2, 0.25) is 0 Å². The Kier molecular flexibility index (Phi) is 4.45. The molecule has 0 fully saturated rings. The molecule has 2 N–H and O–H groups in total. The summed E-state index contributed by atoms with van der Waals surface area (Å²) in [5.74, 6) is -0.734. The molecular weight excluding hydrogens is 272 g/mol. The number of imidazole rings is 1. The summed E-state index contributed by atoms with van der Waals surface area (Å²) in [6.45, 7) is 0.310. The molecular formula is C14H14N4O3. The van der Waals surface area contributed by atoms with Gasteiger partial charge in [-0.1, -0.05) is 6.07 Å². The van der Waals surface area contributed by atoms with Gasteiger partial charge in [0.1, 0.15) is 11.5 Å². The van der Waals surface area contributed by atoms with Gasteiger partial charge >= 0.3 is 5.97 Å². The van der Waals surface area contributed by atoms with Crippen molar-refractivity contribution < 1.29 is 14.7 Å². The molecule has 0 bridgehead atoms. The van der Waals surface area contributed by atoms with Gasteiger partial charge in [-0.05, 0) is 12.1 Å². The van der Waals surface area contributed by atoms with Crippen molar-refractivity contribution in [2.45, 2.75) is 6.54 Å². The zero-order chi connectivity index (χ0) is 15.2. The number of nitrogens with one attached hydrogen (secondary N) is 1. The van der Waals surface area contributed by atoms with Crippen LogP contribution in [0.25, 0.3) is 6.08 Å². The van der Waals surface area contributed by atoms with Gasteiger partial charge in [0.15, 0.2) is 0 Å². The fraction of sp³-hybridized carbons (Fsp3) is 0.143. The summed E-state index contributed by atoms with van der Waals surface area (Å²) in [5, 5.41) is 8.67. The third-order valence-electron chi connectivity index (χ3n) is 2.74. The van der Waals surface area contributed by atoms with E-state index in [0.717, 1.165) is 6.08 Å². The second-order valence-electron chi connectivity index (χ2n) is 4.31. The van der Waals surface area contributed by atoms with E-state index in [4.69, 9.17) is 5.11 Å². The molecule has 0 spiro atoms. The summed E-state index contributed by atoms with van der Waals surface area (Å²) in [4.78, 5) is 35.4. The highest BCUT2D eigenvalue weighted by Crippen LogP contribution is 2.11.